The van der Waals surface area contributed by atoms with Crippen LogP contribution in [0.5, 0.6) is 5.75 Å². The molecule has 0 bridgehead atoms. The number of nitrogens with one attached hydrogen (secondary N) is 1. The minimum Gasteiger partial charge on any atom is -0.496 e. The maximum Gasteiger partial charge on any atom is 0.124 e. The summed E-state index contributed by atoms with van der Waals surface area (Å²) in [6.07, 6.45) is 1.29. The molecule has 0 aliphatic heterocycles. The van der Waals surface area contributed by atoms with Crippen molar-refractivity contribution in [2.24, 2.45) is 11.3 Å². The number of benzene rings is 1. The summed E-state index contributed by atoms with van der Waals surface area (Å²) in [5, 5.41) is 3.67. The highest BCUT2D eigenvalue weighted by atomic mass is 16.5. The second-order valence-corrected chi connectivity index (χ2v) is 6.53. The van der Waals surface area contributed by atoms with E-state index in [0.717, 1.165) is 12.3 Å². The zero-order chi connectivity index (χ0) is 14.2. The first-order valence-corrected chi connectivity index (χ1v) is 7.29. The monoisotopic (exact) mass is 261 g/mol. The molecule has 1 fully saturated rings. The van der Waals surface area contributed by atoms with E-state index >= 15 is 0 Å². The molecule has 2 unspecified atom stereocenters. The third kappa shape index (κ3) is 2.79. The van der Waals surface area contributed by atoms with Gasteiger partial charge in [0.25, 0.3) is 0 Å². The van der Waals surface area contributed by atoms with Crippen LogP contribution < -0.4 is 10.1 Å². The van der Waals surface area contributed by atoms with Gasteiger partial charge in [-0.2, -0.15) is 0 Å². The van der Waals surface area contributed by atoms with Crippen molar-refractivity contribution in [1.29, 1.82) is 0 Å². The van der Waals surface area contributed by atoms with Gasteiger partial charge in [0, 0.05) is 11.6 Å². The Kier molecular flexibility index (Phi) is 3.91. The van der Waals surface area contributed by atoms with Gasteiger partial charge in [-0.15, -0.1) is 0 Å². The van der Waals surface area contributed by atoms with E-state index in [1.165, 1.54) is 23.1 Å². The Labute approximate surface area is 117 Å². The smallest absolute Gasteiger partial charge is 0.124 e. The van der Waals surface area contributed by atoms with Gasteiger partial charge in [-0.25, -0.2) is 0 Å². The number of ether oxygens (including phenoxy) is 1. The lowest BCUT2D eigenvalue weighted by molar-refractivity contribution is 0.376. The molecule has 1 N–H and O–H groups in total. The largest absolute Gasteiger partial charge is 0.496 e. The van der Waals surface area contributed by atoms with Crippen LogP contribution in [0.3, 0.4) is 0 Å². The lowest BCUT2D eigenvalue weighted by Crippen LogP contribution is -2.25. The van der Waals surface area contributed by atoms with Crippen LogP contribution >= 0.6 is 0 Å². The van der Waals surface area contributed by atoms with Gasteiger partial charge in [0.1, 0.15) is 5.75 Å². The number of hydrogen-bond donors (Lipinski definition) is 1. The highest BCUT2D eigenvalue weighted by Crippen LogP contribution is 2.58. The molecule has 106 valence electrons. The van der Waals surface area contributed by atoms with Crippen molar-refractivity contribution in [2.75, 3.05) is 13.7 Å². The average molecular weight is 261 g/mol. The molecule has 0 aromatic heterocycles. The highest BCUT2D eigenvalue weighted by molar-refractivity contribution is 5.46. The van der Waals surface area contributed by atoms with Crippen LogP contribution in [0, 0.1) is 25.2 Å². The van der Waals surface area contributed by atoms with Crippen molar-refractivity contribution in [3.63, 3.8) is 0 Å². The molecule has 0 heterocycles. The molecule has 0 spiro atoms. The van der Waals surface area contributed by atoms with Crippen LogP contribution in [0.2, 0.25) is 0 Å². The Hall–Kier alpha value is -1.02. The van der Waals surface area contributed by atoms with Gasteiger partial charge in [0.05, 0.1) is 7.11 Å². The van der Waals surface area contributed by atoms with E-state index in [2.05, 4.69) is 52.1 Å². The SMILES string of the molecule is CCNC(c1c(C)cc(C)cc1OC)C1CC1(C)C. The molecule has 2 rings (SSSR count). The first-order valence-electron chi connectivity index (χ1n) is 7.29. The Morgan fingerprint density at radius 3 is 2.47 bits per heavy atom. The van der Waals surface area contributed by atoms with Crippen molar-refractivity contribution in [3.8, 4) is 5.75 Å². The predicted molar refractivity (Wildman–Crippen MR) is 80.8 cm³/mol. The fourth-order valence-corrected chi connectivity index (χ4v) is 3.25. The summed E-state index contributed by atoms with van der Waals surface area (Å²) in [7, 11) is 1.78. The highest BCUT2D eigenvalue weighted by Gasteiger charge is 2.51. The van der Waals surface area contributed by atoms with Gasteiger partial charge in [-0.05, 0) is 55.3 Å². The first kappa shape index (κ1) is 14.4. The first-order chi connectivity index (χ1) is 8.90. The fourth-order valence-electron chi connectivity index (χ4n) is 3.25. The van der Waals surface area contributed by atoms with E-state index < -0.39 is 0 Å². The predicted octanol–water partition coefficient (Wildman–Crippen LogP) is 4.01. The van der Waals surface area contributed by atoms with Gasteiger partial charge in [0.15, 0.2) is 0 Å². The minimum absolute atomic E-state index is 0.413. The maximum atomic E-state index is 5.64. The summed E-state index contributed by atoms with van der Waals surface area (Å²) < 4.78 is 5.64. The minimum atomic E-state index is 0.413. The molecule has 0 saturated heterocycles. The van der Waals surface area contributed by atoms with Gasteiger partial charge in [-0.3, -0.25) is 0 Å². The molecule has 1 aromatic rings. The Morgan fingerprint density at radius 2 is 2.00 bits per heavy atom. The van der Waals surface area contributed by atoms with Crippen molar-refractivity contribution in [2.45, 2.75) is 47.1 Å². The fraction of sp³-hybridized carbons (Fsp3) is 0.647. The molecule has 1 saturated carbocycles. The summed E-state index contributed by atoms with van der Waals surface area (Å²) in [5.74, 6) is 1.74. The Balaban J connectivity index is 2.42. The van der Waals surface area contributed by atoms with E-state index in [9.17, 15) is 0 Å². The van der Waals surface area contributed by atoms with E-state index in [4.69, 9.17) is 4.74 Å². The summed E-state index contributed by atoms with van der Waals surface area (Å²) in [5.41, 5.74) is 4.41. The van der Waals surface area contributed by atoms with Crippen LogP contribution in [0.15, 0.2) is 12.1 Å². The standard InChI is InChI=1S/C17H27NO/c1-7-18-16(13-10-17(13,4)5)15-12(3)8-11(2)9-14(15)19-6/h8-9,13,16,18H,7,10H2,1-6H3. The average Bonchev–Trinajstić information content (AvgIpc) is 2.95. The molecule has 1 aliphatic carbocycles. The van der Waals surface area contributed by atoms with E-state index in [-0.39, 0.29) is 0 Å². The number of rotatable bonds is 5. The molecular weight excluding hydrogens is 234 g/mol. The van der Waals surface area contributed by atoms with Crippen LogP contribution in [0.1, 0.15) is 49.9 Å². The molecular formula is C17H27NO. The molecule has 1 aliphatic rings. The molecule has 0 amide bonds. The van der Waals surface area contributed by atoms with Crippen molar-refractivity contribution in [3.05, 3.63) is 28.8 Å². The van der Waals surface area contributed by atoms with Crippen LogP contribution in [-0.2, 0) is 0 Å². The lowest BCUT2D eigenvalue weighted by atomic mass is 9.91. The van der Waals surface area contributed by atoms with Crippen LogP contribution in [0.25, 0.3) is 0 Å². The van der Waals surface area contributed by atoms with E-state index in [0.29, 0.717) is 17.4 Å². The number of aryl methyl sites for hydroxylation is 2. The van der Waals surface area contributed by atoms with Gasteiger partial charge in [-0.1, -0.05) is 26.8 Å². The summed E-state index contributed by atoms with van der Waals surface area (Å²) in [4.78, 5) is 0. The molecule has 2 heteroatoms. The van der Waals surface area contributed by atoms with Crippen molar-refractivity contribution >= 4 is 0 Å². The van der Waals surface area contributed by atoms with Crippen molar-refractivity contribution < 1.29 is 4.74 Å². The topological polar surface area (TPSA) is 21.3 Å². The number of hydrogen-bond acceptors (Lipinski definition) is 2. The van der Waals surface area contributed by atoms with Gasteiger partial charge in [0.2, 0.25) is 0 Å². The third-order valence-electron chi connectivity index (χ3n) is 4.44. The summed E-state index contributed by atoms with van der Waals surface area (Å²) in [6.45, 7) is 12.2. The van der Waals surface area contributed by atoms with Gasteiger partial charge >= 0.3 is 0 Å². The van der Waals surface area contributed by atoms with E-state index in [1.807, 2.05) is 0 Å². The zero-order valence-corrected chi connectivity index (χ0v) is 13.1. The Bertz CT molecular complexity index is 465. The quantitative estimate of drug-likeness (QED) is 0.864. The normalized spacial score (nSPS) is 22.1. The van der Waals surface area contributed by atoms with Crippen LogP contribution in [0.4, 0.5) is 0 Å². The lowest BCUT2D eigenvalue weighted by Gasteiger charge is -2.25. The Morgan fingerprint density at radius 1 is 1.37 bits per heavy atom. The third-order valence-corrected chi connectivity index (χ3v) is 4.44. The number of methoxy groups -OCH3 is 1. The van der Waals surface area contributed by atoms with Crippen LogP contribution in [-0.4, -0.2) is 13.7 Å². The summed E-state index contributed by atoms with van der Waals surface area (Å²) in [6, 6.07) is 4.83. The molecule has 1 aromatic carbocycles. The zero-order valence-electron chi connectivity index (χ0n) is 13.1. The summed E-state index contributed by atoms with van der Waals surface area (Å²) >= 11 is 0. The molecule has 0 radical (unpaired) electrons. The maximum absolute atomic E-state index is 5.64. The van der Waals surface area contributed by atoms with Gasteiger partial charge < -0.3 is 10.1 Å². The van der Waals surface area contributed by atoms with E-state index in [1.54, 1.807) is 7.11 Å². The molecule has 2 nitrogen and oxygen atoms in total. The molecule has 19 heavy (non-hydrogen) atoms. The second kappa shape index (κ2) is 5.16. The van der Waals surface area contributed by atoms with Crippen molar-refractivity contribution in [1.82, 2.24) is 5.32 Å². The molecule has 2 atom stereocenters. The second-order valence-electron chi connectivity index (χ2n) is 6.53.